The molecular weight excluding hydrogens is 254 g/mol. The quantitative estimate of drug-likeness (QED) is 0.786. The fraction of sp³-hybridized carbons (Fsp3) is 0.400. The van der Waals surface area contributed by atoms with Gasteiger partial charge in [0.05, 0.1) is 6.61 Å². The van der Waals surface area contributed by atoms with Crippen LogP contribution in [-0.4, -0.2) is 27.3 Å². The Morgan fingerprint density at radius 1 is 1.30 bits per heavy atom. The summed E-state index contributed by atoms with van der Waals surface area (Å²) >= 11 is 0. The van der Waals surface area contributed by atoms with Crippen molar-refractivity contribution < 1.29 is 9.53 Å². The van der Waals surface area contributed by atoms with Crippen molar-refractivity contribution in [3.63, 3.8) is 0 Å². The van der Waals surface area contributed by atoms with Crippen LogP contribution in [0.1, 0.15) is 32.5 Å². The summed E-state index contributed by atoms with van der Waals surface area (Å²) in [5.74, 6) is 1.32. The van der Waals surface area contributed by atoms with Gasteiger partial charge in [-0.25, -0.2) is 9.67 Å². The molecule has 0 aliphatic carbocycles. The molecule has 1 aromatic carbocycles. The Bertz CT molecular complexity index is 576. The summed E-state index contributed by atoms with van der Waals surface area (Å²) in [5.41, 5.74) is 0.942. The molecule has 0 saturated carbocycles. The zero-order chi connectivity index (χ0) is 14.5. The zero-order valence-corrected chi connectivity index (χ0v) is 12.0. The van der Waals surface area contributed by atoms with Gasteiger partial charge in [-0.15, -0.1) is 0 Å². The highest BCUT2D eigenvalue weighted by atomic mass is 16.5. The molecule has 0 aliphatic heterocycles. The number of ether oxygens (including phenoxy) is 1. The Hall–Kier alpha value is -2.17. The molecule has 5 heteroatoms. The van der Waals surface area contributed by atoms with Gasteiger partial charge in [0, 0.05) is 11.5 Å². The number of nitrogens with zero attached hydrogens (tertiary/aromatic N) is 3. The van der Waals surface area contributed by atoms with Crippen LogP contribution in [0.2, 0.25) is 0 Å². The van der Waals surface area contributed by atoms with E-state index in [0.717, 1.165) is 11.4 Å². The van der Waals surface area contributed by atoms with Crippen molar-refractivity contribution in [1.82, 2.24) is 14.8 Å². The van der Waals surface area contributed by atoms with E-state index in [9.17, 15) is 4.79 Å². The molecule has 1 heterocycles. The molecule has 0 unspecified atom stereocenters. The standard InChI is InChI=1S/C15H19N3O2/c1-4-20-13(19)10-18-15(11(2)3)16-14(17-18)12-8-6-5-7-9-12/h5-9,11H,4,10H2,1-3H3. The first-order valence-corrected chi connectivity index (χ1v) is 6.77. The average molecular weight is 273 g/mol. The highest BCUT2D eigenvalue weighted by molar-refractivity contribution is 5.69. The van der Waals surface area contributed by atoms with Crippen molar-refractivity contribution in [2.24, 2.45) is 0 Å². The number of rotatable bonds is 5. The minimum absolute atomic E-state index is 0.0984. The van der Waals surface area contributed by atoms with Gasteiger partial charge in [0.1, 0.15) is 12.4 Å². The van der Waals surface area contributed by atoms with Crippen molar-refractivity contribution >= 4 is 5.97 Å². The predicted molar refractivity (Wildman–Crippen MR) is 76.2 cm³/mol. The molecule has 106 valence electrons. The fourth-order valence-corrected chi connectivity index (χ4v) is 1.94. The van der Waals surface area contributed by atoms with E-state index in [4.69, 9.17) is 4.74 Å². The van der Waals surface area contributed by atoms with Crippen molar-refractivity contribution in [2.75, 3.05) is 6.61 Å². The zero-order valence-electron chi connectivity index (χ0n) is 12.0. The third-order valence-electron chi connectivity index (χ3n) is 2.83. The van der Waals surface area contributed by atoms with E-state index in [1.807, 2.05) is 44.2 Å². The minimum atomic E-state index is -0.293. The lowest BCUT2D eigenvalue weighted by Gasteiger charge is -2.07. The molecular formula is C15H19N3O2. The molecule has 1 aromatic heterocycles. The van der Waals surface area contributed by atoms with Crippen LogP contribution in [0.4, 0.5) is 0 Å². The molecule has 0 aliphatic rings. The molecule has 0 N–H and O–H groups in total. The third-order valence-corrected chi connectivity index (χ3v) is 2.83. The summed E-state index contributed by atoms with van der Waals surface area (Å²) in [6.45, 7) is 6.32. The topological polar surface area (TPSA) is 57.0 Å². The molecule has 5 nitrogen and oxygen atoms in total. The van der Waals surface area contributed by atoms with Crippen LogP contribution in [0.5, 0.6) is 0 Å². The van der Waals surface area contributed by atoms with E-state index in [0.29, 0.717) is 12.4 Å². The van der Waals surface area contributed by atoms with Crippen LogP contribution < -0.4 is 0 Å². The molecule has 0 amide bonds. The van der Waals surface area contributed by atoms with Gasteiger partial charge in [-0.3, -0.25) is 4.79 Å². The van der Waals surface area contributed by atoms with Crippen molar-refractivity contribution in [2.45, 2.75) is 33.2 Å². The van der Waals surface area contributed by atoms with Gasteiger partial charge in [0.2, 0.25) is 0 Å². The lowest BCUT2D eigenvalue weighted by molar-refractivity contribution is -0.144. The van der Waals surface area contributed by atoms with Crippen LogP contribution in [0.15, 0.2) is 30.3 Å². The van der Waals surface area contributed by atoms with E-state index < -0.39 is 0 Å². The smallest absolute Gasteiger partial charge is 0.327 e. The number of esters is 1. The summed E-state index contributed by atoms with van der Waals surface area (Å²) in [6.07, 6.45) is 0. The van der Waals surface area contributed by atoms with Gasteiger partial charge in [-0.2, -0.15) is 5.10 Å². The fourth-order valence-electron chi connectivity index (χ4n) is 1.94. The van der Waals surface area contributed by atoms with Gasteiger partial charge in [0.15, 0.2) is 5.82 Å². The Labute approximate surface area is 118 Å². The summed E-state index contributed by atoms with van der Waals surface area (Å²) < 4.78 is 6.60. The maximum Gasteiger partial charge on any atom is 0.327 e. The van der Waals surface area contributed by atoms with Gasteiger partial charge in [-0.1, -0.05) is 44.2 Å². The molecule has 0 radical (unpaired) electrons. The van der Waals surface area contributed by atoms with Crippen LogP contribution >= 0.6 is 0 Å². The average Bonchev–Trinajstić information content (AvgIpc) is 2.84. The molecule has 2 rings (SSSR count). The molecule has 2 aromatic rings. The number of carbonyl (C=O) groups excluding carboxylic acids is 1. The number of hydrogen-bond donors (Lipinski definition) is 0. The highest BCUT2D eigenvalue weighted by Gasteiger charge is 2.16. The van der Waals surface area contributed by atoms with Crippen molar-refractivity contribution in [3.8, 4) is 11.4 Å². The first-order chi connectivity index (χ1) is 9.61. The number of aromatic nitrogens is 3. The van der Waals surface area contributed by atoms with Crippen molar-refractivity contribution in [1.29, 1.82) is 0 Å². The van der Waals surface area contributed by atoms with Gasteiger partial charge in [0.25, 0.3) is 0 Å². The van der Waals surface area contributed by atoms with Gasteiger partial charge in [-0.05, 0) is 6.92 Å². The largest absolute Gasteiger partial charge is 0.465 e. The van der Waals surface area contributed by atoms with E-state index in [2.05, 4.69) is 10.1 Å². The Morgan fingerprint density at radius 3 is 2.60 bits per heavy atom. The maximum atomic E-state index is 11.6. The lowest BCUT2D eigenvalue weighted by Crippen LogP contribution is -2.17. The summed E-state index contributed by atoms with van der Waals surface area (Å²) in [6, 6.07) is 9.73. The summed E-state index contributed by atoms with van der Waals surface area (Å²) in [7, 11) is 0. The first-order valence-electron chi connectivity index (χ1n) is 6.77. The number of benzene rings is 1. The Kier molecular flexibility index (Phi) is 4.50. The lowest BCUT2D eigenvalue weighted by atomic mass is 10.2. The van der Waals surface area contributed by atoms with Crippen molar-refractivity contribution in [3.05, 3.63) is 36.2 Å². The highest BCUT2D eigenvalue weighted by Crippen LogP contribution is 2.19. The monoisotopic (exact) mass is 273 g/mol. The van der Waals surface area contributed by atoms with E-state index in [1.54, 1.807) is 11.6 Å². The molecule has 20 heavy (non-hydrogen) atoms. The van der Waals surface area contributed by atoms with Gasteiger partial charge >= 0.3 is 5.97 Å². The van der Waals surface area contributed by atoms with E-state index in [-0.39, 0.29) is 18.4 Å². The van der Waals surface area contributed by atoms with Crippen LogP contribution in [-0.2, 0) is 16.1 Å². The predicted octanol–water partition coefficient (Wildman–Crippen LogP) is 2.63. The molecule has 0 atom stereocenters. The van der Waals surface area contributed by atoms with E-state index >= 15 is 0 Å². The van der Waals surface area contributed by atoms with E-state index in [1.165, 1.54) is 0 Å². The Morgan fingerprint density at radius 2 is 2.00 bits per heavy atom. The van der Waals surface area contributed by atoms with Crippen LogP contribution in [0.3, 0.4) is 0 Å². The van der Waals surface area contributed by atoms with Crippen LogP contribution in [0, 0.1) is 0 Å². The normalized spacial score (nSPS) is 10.8. The maximum absolute atomic E-state index is 11.6. The van der Waals surface area contributed by atoms with Crippen LogP contribution in [0.25, 0.3) is 11.4 Å². The second kappa shape index (κ2) is 6.32. The molecule has 0 bridgehead atoms. The number of hydrogen-bond acceptors (Lipinski definition) is 4. The summed E-state index contributed by atoms with van der Waals surface area (Å²) in [4.78, 5) is 16.2. The minimum Gasteiger partial charge on any atom is -0.465 e. The second-order valence-electron chi connectivity index (χ2n) is 4.78. The molecule has 0 fully saturated rings. The second-order valence-corrected chi connectivity index (χ2v) is 4.78. The molecule has 0 spiro atoms. The molecule has 0 saturated heterocycles. The Balaban J connectivity index is 2.31. The SMILES string of the molecule is CCOC(=O)Cn1nc(-c2ccccc2)nc1C(C)C. The number of carbonyl (C=O) groups is 1. The summed E-state index contributed by atoms with van der Waals surface area (Å²) in [5, 5.41) is 4.43. The third kappa shape index (κ3) is 3.23. The van der Waals surface area contributed by atoms with Gasteiger partial charge < -0.3 is 4.74 Å². The first kappa shape index (κ1) is 14.2.